The summed E-state index contributed by atoms with van der Waals surface area (Å²) in [4.78, 5) is 23.5. The molecule has 0 aromatic heterocycles. The maximum atomic E-state index is 12.8. The molecule has 2 amide bonds. The molecular weight excluding hydrogens is 347 g/mol. The van der Waals surface area contributed by atoms with E-state index in [1.54, 1.807) is 25.3 Å². The van der Waals surface area contributed by atoms with Crippen LogP contribution >= 0.6 is 0 Å². The molecule has 0 unspecified atom stereocenters. The second-order valence-electron chi connectivity index (χ2n) is 5.87. The summed E-state index contributed by atoms with van der Waals surface area (Å²) >= 11 is 0. The molecule has 142 valence electrons. The van der Waals surface area contributed by atoms with Gasteiger partial charge in [0.05, 0.1) is 7.11 Å². The minimum Gasteiger partial charge on any atom is -0.497 e. The van der Waals surface area contributed by atoms with Crippen LogP contribution in [-0.2, 0) is 16.0 Å². The Morgan fingerprint density at radius 2 is 1.70 bits per heavy atom. The molecule has 0 aliphatic carbocycles. The van der Waals surface area contributed by atoms with Crippen LogP contribution in [-0.4, -0.2) is 32.0 Å². The molecule has 0 aliphatic rings. The van der Waals surface area contributed by atoms with Gasteiger partial charge in [0.15, 0.2) is 0 Å². The van der Waals surface area contributed by atoms with Crippen molar-refractivity contribution in [2.45, 2.75) is 12.8 Å². The van der Waals surface area contributed by atoms with Crippen LogP contribution in [0.1, 0.15) is 17.5 Å². The molecule has 2 aromatic rings. The fourth-order valence-electron chi connectivity index (χ4n) is 2.33. The van der Waals surface area contributed by atoms with Gasteiger partial charge in [-0.15, -0.1) is 0 Å². The molecule has 2 N–H and O–H groups in total. The Labute approximate surface area is 158 Å². The first-order valence-electron chi connectivity index (χ1n) is 8.68. The zero-order chi connectivity index (χ0) is 19.5. The normalized spacial score (nSPS) is 10.6. The lowest BCUT2D eigenvalue weighted by molar-refractivity contribution is -0.121. The highest BCUT2D eigenvalue weighted by Crippen LogP contribution is 2.12. The summed E-state index contributed by atoms with van der Waals surface area (Å²) in [5.74, 6) is 0.0723. The minimum atomic E-state index is -0.278. The van der Waals surface area contributed by atoms with Crippen molar-refractivity contribution >= 4 is 17.9 Å². The zero-order valence-electron chi connectivity index (χ0n) is 15.2. The van der Waals surface area contributed by atoms with Crippen LogP contribution in [0.25, 0.3) is 6.08 Å². The van der Waals surface area contributed by atoms with Crippen LogP contribution in [0, 0.1) is 5.82 Å². The molecule has 0 bridgehead atoms. The lowest BCUT2D eigenvalue weighted by Crippen LogP contribution is -2.31. The maximum Gasteiger partial charge on any atom is 0.244 e. The first-order chi connectivity index (χ1) is 13.1. The highest BCUT2D eigenvalue weighted by Gasteiger charge is 2.02. The van der Waals surface area contributed by atoms with Gasteiger partial charge in [0.25, 0.3) is 0 Å². The molecule has 5 nitrogen and oxygen atoms in total. The van der Waals surface area contributed by atoms with E-state index in [1.165, 1.54) is 18.2 Å². The average molecular weight is 370 g/mol. The molecule has 0 radical (unpaired) electrons. The van der Waals surface area contributed by atoms with Crippen LogP contribution in [0.5, 0.6) is 5.75 Å². The van der Waals surface area contributed by atoms with E-state index in [0.717, 1.165) is 16.9 Å². The summed E-state index contributed by atoms with van der Waals surface area (Å²) in [5.41, 5.74) is 1.83. The van der Waals surface area contributed by atoms with E-state index < -0.39 is 0 Å². The third-order valence-electron chi connectivity index (χ3n) is 3.84. The summed E-state index contributed by atoms with van der Waals surface area (Å²) in [5, 5.41) is 5.44. The SMILES string of the molecule is COc1ccc(/C=C/C(=O)NCCC(=O)NCCc2ccc(F)cc2)cc1. The molecule has 0 spiro atoms. The fraction of sp³-hybridized carbons (Fsp3) is 0.238. The van der Waals surface area contributed by atoms with Gasteiger partial charge >= 0.3 is 0 Å². The van der Waals surface area contributed by atoms with Crippen molar-refractivity contribution in [2.24, 2.45) is 0 Å². The first kappa shape index (κ1) is 20.2. The van der Waals surface area contributed by atoms with Crippen molar-refractivity contribution in [1.82, 2.24) is 10.6 Å². The van der Waals surface area contributed by atoms with E-state index in [-0.39, 0.29) is 30.6 Å². The molecule has 0 atom stereocenters. The standard InChI is InChI=1S/C21H23FN2O3/c1-27-19-9-4-16(5-10-19)6-11-20(25)24-15-13-21(26)23-14-12-17-2-7-18(22)8-3-17/h2-11H,12-15H2,1H3,(H,23,26)(H,24,25)/b11-6+. The number of methoxy groups -OCH3 is 1. The van der Waals surface area contributed by atoms with Crippen molar-refractivity contribution in [3.05, 3.63) is 71.6 Å². The van der Waals surface area contributed by atoms with Crippen molar-refractivity contribution < 1.29 is 18.7 Å². The Hall–Kier alpha value is -3.15. The number of nitrogens with one attached hydrogen (secondary N) is 2. The number of ether oxygens (including phenoxy) is 1. The molecule has 0 saturated heterocycles. The van der Waals surface area contributed by atoms with Crippen LogP contribution in [0.2, 0.25) is 0 Å². The summed E-state index contributed by atoms with van der Waals surface area (Å²) < 4.78 is 17.9. The number of carbonyl (C=O) groups excluding carboxylic acids is 2. The van der Waals surface area contributed by atoms with E-state index >= 15 is 0 Å². The van der Waals surface area contributed by atoms with Crippen LogP contribution in [0.3, 0.4) is 0 Å². The second-order valence-corrected chi connectivity index (χ2v) is 5.87. The number of hydrogen-bond donors (Lipinski definition) is 2. The van der Waals surface area contributed by atoms with Gasteiger partial charge in [-0.2, -0.15) is 0 Å². The maximum absolute atomic E-state index is 12.8. The lowest BCUT2D eigenvalue weighted by Gasteiger charge is -2.06. The summed E-state index contributed by atoms with van der Waals surface area (Å²) in [6, 6.07) is 13.5. The fourth-order valence-corrected chi connectivity index (χ4v) is 2.33. The average Bonchev–Trinajstić information content (AvgIpc) is 2.68. The van der Waals surface area contributed by atoms with E-state index in [1.807, 2.05) is 24.3 Å². The Kier molecular flexibility index (Phi) is 8.03. The van der Waals surface area contributed by atoms with Gasteiger partial charge in [0.2, 0.25) is 11.8 Å². The predicted molar refractivity (Wildman–Crippen MR) is 103 cm³/mol. The molecule has 2 rings (SSSR count). The molecule has 6 heteroatoms. The van der Waals surface area contributed by atoms with Gasteiger partial charge in [0.1, 0.15) is 11.6 Å². The molecule has 0 heterocycles. The van der Waals surface area contributed by atoms with Gasteiger partial charge in [-0.25, -0.2) is 4.39 Å². The topological polar surface area (TPSA) is 67.4 Å². The van der Waals surface area contributed by atoms with Crippen LogP contribution < -0.4 is 15.4 Å². The lowest BCUT2D eigenvalue weighted by atomic mass is 10.1. The molecule has 0 fully saturated rings. The van der Waals surface area contributed by atoms with Crippen molar-refractivity contribution in [3.63, 3.8) is 0 Å². The van der Waals surface area contributed by atoms with Crippen LogP contribution in [0.4, 0.5) is 4.39 Å². The Morgan fingerprint density at radius 1 is 1.00 bits per heavy atom. The molecule has 0 saturated carbocycles. The zero-order valence-corrected chi connectivity index (χ0v) is 15.2. The van der Waals surface area contributed by atoms with Gasteiger partial charge in [-0.3, -0.25) is 9.59 Å². The third kappa shape index (κ3) is 7.73. The van der Waals surface area contributed by atoms with Crippen molar-refractivity contribution in [2.75, 3.05) is 20.2 Å². The Balaban J connectivity index is 1.61. The van der Waals surface area contributed by atoms with Gasteiger partial charge in [-0.05, 0) is 47.9 Å². The number of halogens is 1. The van der Waals surface area contributed by atoms with E-state index in [9.17, 15) is 14.0 Å². The number of benzene rings is 2. The summed E-state index contributed by atoms with van der Waals surface area (Å²) in [6.45, 7) is 0.726. The van der Waals surface area contributed by atoms with Crippen molar-refractivity contribution in [3.8, 4) is 5.75 Å². The third-order valence-corrected chi connectivity index (χ3v) is 3.84. The van der Waals surface area contributed by atoms with Crippen LogP contribution in [0.15, 0.2) is 54.6 Å². The number of rotatable bonds is 9. The quantitative estimate of drug-likeness (QED) is 0.667. The van der Waals surface area contributed by atoms with E-state index in [0.29, 0.717) is 13.0 Å². The molecule has 2 aromatic carbocycles. The highest BCUT2D eigenvalue weighted by molar-refractivity contribution is 5.92. The Bertz CT molecular complexity index is 771. The van der Waals surface area contributed by atoms with Gasteiger partial charge in [0, 0.05) is 25.6 Å². The molecular formula is C21H23FN2O3. The van der Waals surface area contributed by atoms with E-state index in [2.05, 4.69) is 10.6 Å². The minimum absolute atomic E-state index is 0.142. The summed E-state index contributed by atoms with van der Waals surface area (Å²) in [6.07, 6.45) is 3.94. The smallest absolute Gasteiger partial charge is 0.244 e. The number of carbonyl (C=O) groups is 2. The van der Waals surface area contributed by atoms with Gasteiger partial charge in [-0.1, -0.05) is 24.3 Å². The molecule has 27 heavy (non-hydrogen) atoms. The number of amides is 2. The second kappa shape index (κ2) is 10.8. The molecule has 0 aliphatic heterocycles. The number of hydrogen-bond acceptors (Lipinski definition) is 3. The van der Waals surface area contributed by atoms with Crippen molar-refractivity contribution in [1.29, 1.82) is 0 Å². The largest absolute Gasteiger partial charge is 0.497 e. The first-order valence-corrected chi connectivity index (χ1v) is 8.68. The van der Waals surface area contributed by atoms with Gasteiger partial charge < -0.3 is 15.4 Å². The highest BCUT2D eigenvalue weighted by atomic mass is 19.1. The monoisotopic (exact) mass is 370 g/mol. The van der Waals surface area contributed by atoms with E-state index in [4.69, 9.17) is 4.74 Å². The summed E-state index contributed by atoms with van der Waals surface area (Å²) in [7, 11) is 1.59. The predicted octanol–water partition coefficient (Wildman–Crippen LogP) is 2.71. The Morgan fingerprint density at radius 3 is 2.37 bits per heavy atom.